The Balaban J connectivity index is 2.27. The lowest BCUT2D eigenvalue weighted by molar-refractivity contribution is -0.0164. The van der Waals surface area contributed by atoms with E-state index in [9.17, 15) is 9.59 Å². The molecule has 0 aliphatic carbocycles. The lowest BCUT2D eigenvalue weighted by Gasteiger charge is -2.16. The molecule has 0 spiro atoms. The highest BCUT2D eigenvalue weighted by atomic mass is 127. The van der Waals surface area contributed by atoms with Crippen LogP contribution in [0.5, 0.6) is 0 Å². The summed E-state index contributed by atoms with van der Waals surface area (Å²) in [5.74, 6) is 0. The van der Waals surface area contributed by atoms with Gasteiger partial charge in [0, 0.05) is 18.2 Å². The fourth-order valence-electron chi connectivity index (χ4n) is 2.31. The molecule has 6 nitrogen and oxygen atoms in total. The lowest BCUT2D eigenvalue weighted by Crippen LogP contribution is -2.33. The quantitative estimate of drug-likeness (QED) is 0.807. The van der Waals surface area contributed by atoms with Gasteiger partial charge in [0.1, 0.15) is 35.3 Å². The first-order valence-electron chi connectivity index (χ1n) is 6.31. The van der Waals surface area contributed by atoms with E-state index in [1.807, 2.05) is 23.0 Å². The van der Waals surface area contributed by atoms with Gasteiger partial charge in [0.25, 0.3) is 5.56 Å². The summed E-state index contributed by atoms with van der Waals surface area (Å²) < 4.78 is 12.7. The van der Waals surface area contributed by atoms with Gasteiger partial charge in [-0.05, 0) is 13.3 Å². The van der Waals surface area contributed by atoms with Crippen molar-refractivity contribution in [2.24, 2.45) is 0 Å². The van der Waals surface area contributed by atoms with Crippen molar-refractivity contribution in [1.29, 1.82) is 0 Å². The van der Waals surface area contributed by atoms with E-state index in [1.165, 1.54) is 4.57 Å². The molecule has 0 aromatic carbocycles. The van der Waals surface area contributed by atoms with Gasteiger partial charge in [-0.3, -0.25) is 14.3 Å². The molecule has 1 fully saturated rings. The molecular formula is C12H17IN2O4. The van der Waals surface area contributed by atoms with Crippen molar-refractivity contribution in [3.8, 4) is 0 Å². The second kappa shape index (κ2) is 6.19. The average Bonchev–Trinajstić information content (AvgIpc) is 2.77. The molecule has 0 radical (unpaired) electrons. The standard InChI is InChI=1S/C12H17IN2O4/c1-3-4-8-9(19-13)5-10(18-8)15-6-7(2)11(16)14-12(15)17/h6,8-10H,3-5H2,1-2H3,(H,14,16,17)/t8-,9?,10-/m1/s1. The Bertz CT molecular complexity index is 553. The van der Waals surface area contributed by atoms with Crippen LogP contribution in [0.4, 0.5) is 0 Å². The van der Waals surface area contributed by atoms with Crippen LogP contribution in [0.2, 0.25) is 0 Å². The topological polar surface area (TPSA) is 73.3 Å². The molecular weight excluding hydrogens is 363 g/mol. The number of H-pyrrole nitrogens is 1. The predicted molar refractivity (Wildman–Crippen MR) is 78.4 cm³/mol. The van der Waals surface area contributed by atoms with E-state index in [4.69, 9.17) is 7.80 Å². The molecule has 0 bridgehead atoms. The Kier molecular flexibility index (Phi) is 4.80. The fraction of sp³-hybridized carbons (Fsp3) is 0.667. The monoisotopic (exact) mass is 380 g/mol. The van der Waals surface area contributed by atoms with E-state index in [0.29, 0.717) is 12.0 Å². The molecule has 1 unspecified atom stereocenters. The van der Waals surface area contributed by atoms with Gasteiger partial charge in [-0.25, -0.2) is 4.79 Å². The Labute approximate surface area is 124 Å². The number of hydrogen-bond donors (Lipinski definition) is 1. The number of hydrogen-bond acceptors (Lipinski definition) is 4. The minimum Gasteiger partial charge on any atom is -0.352 e. The van der Waals surface area contributed by atoms with Crippen LogP contribution in [0.3, 0.4) is 0 Å². The highest BCUT2D eigenvalue weighted by Gasteiger charge is 2.36. The van der Waals surface area contributed by atoms with Crippen molar-refractivity contribution in [3.05, 3.63) is 32.6 Å². The maximum atomic E-state index is 11.8. The maximum absolute atomic E-state index is 11.8. The molecule has 1 N–H and O–H groups in total. The van der Waals surface area contributed by atoms with E-state index < -0.39 is 5.69 Å². The molecule has 1 saturated heterocycles. The zero-order valence-electron chi connectivity index (χ0n) is 10.9. The summed E-state index contributed by atoms with van der Waals surface area (Å²) in [5.41, 5.74) is -0.301. The number of ether oxygens (including phenoxy) is 1. The first kappa shape index (κ1) is 14.7. The van der Waals surface area contributed by atoms with Gasteiger partial charge in [0.2, 0.25) is 0 Å². The van der Waals surface area contributed by atoms with Crippen LogP contribution in [0, 0.1) is 6.92 Å². The highest BCUT2D eigenvalue weighted by molar-refractivity contribution is 14.1. The van der Waals surface area contributed by atoms with Gasteiger partial charge in [-0.2, -0.15) is 0 Å². The Hall–Kier alpha value is -0.670. The van der Waals surface area contributed by atoms with E-state index in [-0.39, 0.29) is 24.0 Å². The Morgan fingerprint density at radius 2 is 2.32 bits per heavy atom. The van der Waals surface area contributed by atoms with Crippen molar-refractivity contribution < 1.29 is 7.80 Å². The minimum atomic E-state index is -0.440. The van der Waals surface area contributed by atoms with E-state index >= 15 is 0 Å². The maximum Gasteiger partial charge on any atom is 0.330 e. The normalized spacial score (nSPS) is 26.8. The summed E-state index contributed by atoms with van der Waals surface area (Å²) >= 11 is 1.87. The fourth-order valence-corrected chi connectivity index (χ4v) is 2.84. The van der Waals surface area contributed by atoms with Crippen LogP contribution < -0.4 is 11.2 Å². The third kappa shape index (κ3) is 3.09. The van der Waals surface area contributed by atoms with E-state index in [0.717, 1.165) is 12.8 Å². The van der Waals surface area contributed by atoms with Crippen LogP contribution in [0.1, 0.15) is 38.0 Å². The summed E-state index contributed by atoms with van der Waals surface area (Å²) in [7, 11) is 0. The number of aromatic amines is 1. The molecule has 1 aromatic rings. The van der Waals surface area contributed by atoms with E-state index in [2.05, 4.69) is 11.9 Å². The van der Waals surface area contributed by atoms with Gasteiger partial charge in [0.15, 0.2) is 0 Å². The summed E-state index contributed by atoms with van der Waals surface area (Å²) in [6, 6.07) is 0. The minimum absolute atomic E-state index is 0.00830. The smallest absolute Gasteiger partial charge is 0.330 e. The molecule has 106 valence electrons. The highest BCUT2D eigenvalue weighted by Crippen LogP contribution is 2.33. The molecule has 2 rings (SSSR count). The number of nitrogens with zero attached hydrogens (tertiary/aromatic N) is 1. The number of aromatic nitrogens is 2. The van der Waals surface area contributed by atoms with Crippen LogP contribution in [-0.4, -0.2) is 21.8 Å². The zero-order chi connectivity index (χ0) is 14.0. The SMILES string of the molecule is CCC[C@H]1O[C@@H](n2cc(C)c(=O)[nH]c2=O)CC1OI. The number of nitrogens with one attached hydrogen (secondary N) is 1. The number of rotatable bonds is 4. The van der Waals surface area contributed by atoms with Gasteiger partial charge >= 0.3 is 5.69 Å². The number of aryl methyl sites for hydroxylation is 1. The molecule has 2 heterocycles. The summed E-state index contributed by atoms with van der Waals surface area (Å²) in [5, 5.41) is 0. The van der Waals surface area contributed by atoms with Crippen molar-refractivity contribution in [3.63, 3.8) is 0 Å². The summed E-state index contributed by atoms with van der Waals surface area (Å²) in [6.07, 6.45) is 3.63. The summed E-state index contributed by atoms with van der Waals surface area (Å²) in [6.45, 7) is 3.75. The van der Waals surface area contributed by atoms with Gasteiger partial charge < -0.3 is 7.80 Å². The molecule has 0 amide bonds. The van der Waals surface area contributed by atoms with Crippen molar-refractivity contribution in [2.75, 3.05) is 0 Å². The molecule has 7 heteroatoms. The molecule has 1 aromatic heterocycles. The molecule has 3 atom stereocenters. The van der Waals surface area contributed by atoms with Crippen molar-refractivity contribution in [2.45, 2.75) is 51.5 Å². The lowest BCUT2D eigenvalue weighted by atomic mass is 10.1. The molecule has 1 aliphatic rings. The van der Waals surface area contributed by atoms with Crippen LogP contribution in [-0.2, 0) is 7.80 Å². The summed E-state index contributed by atoms with van der Waals surface area (Å²) in [4.78, 5) is 25.5. The molecule has 19 heavy (non-hydrogen) atoms. The number of halogens is 1. The van der Waals surface area contributed by atoms with Crippen LogP contribution >= 0.6 is 23.0 Å². The van der Waals surface area contributed by atoms with Gasteiger partial charge in [-0.15, -0.1) is 0 Å². The van der Waals surface area contributed by atoms with Crippen molar-refractivity contribution in [1.82, 2.24) is 9.55 Å². The predicted octanol–water partition coefficient (Wildman–Crippen LogP) is 1.67. The van der Waals surface area contributed by atoms with Crippen LogP contribution in [0.15, 0.2) is 15.8 Å². The molecule has 0 saturated carbocycles. The average molecular weight is 380 g/mol. The molecule has 1 aliphatic heterocycles. The zero-order valence-corrected chi connectivity index (χ0v) is 13.0. The van der Waals surface area contributed by atoms with Crippen LogP contribution in [0.25, 0.3) is 0 Å². The van der Waals surface area contributed by atoms with E-state index in [1.54, 1.807) is 13.1 Å². The van der Waals surface area contributed by atoms with Crippen molar-refractivity contribution >= 4 is 23.0 Å². The van der Waals surface area contributed by atoms with Gasteiger partial charge in [-0.1, -0.05) is 13.3 Å². The first-order valence-corrected chi connectivity index (χ1v) is 7.19. The Morgan fingerprint density at radius 1 is 1.58 bits per heavy atom. The second-order valence-electron chi connectivity index (χ2n) is 4.76. The second-order valence-corrected chi connectivity index (χ2v) is 5.27. The Morgan fingerprint density at radius 3 is 2.95 bits per heavy atom. The third-order valence-corrected chi connectivity index (χ3v) is 3.98. The van der Waals surface area contributed by atoms with Gasteiger partial charge in [0.05, 0.1) is 6.10 Å². The largest absolute Gasteiger partial charge is 0.352 e. The third-order valence-electron chi connectivity index (χ3n) is 3.32. The first-order chi connectivity index (χ1) is 9.06.